The molecule has 1 unspecified atom stereocenters. The number of nitrogens with zero attached hydrogens (tertiary/aromatic N) is 4. The molecular weight excluding hydrogens is 394 g/mol. The zero-order valence-electron chi connectivity index (χ0n) is 16.8. The first-order chi connectivity index (χ1) is 14.4. The van der Waals surface area contributed by atoms with Crippen molar-refractivity contribution >= 4 is 11.7 Å². The Hall–Kier alpha value is -3.10. The zero-order chi connectivity index (χ0) is 21.3. The van der Waals surface area contributed by atoms with Crippen LogP contribution >= 0.6 is 0 Å². The number of piperidine rings is 1. The van der Waals surface area contributed by atoms with Gasteiger partial charge in [0.15, 0.2) is 11.6 Å². The van der Waals surface area contributed by atoms with Crippen molar-refractivity contribution in [3.05, 3.63) is 53.2 Å². The smallest absolute Gasteiger partial charge is 0.408 e. The van der Waals surface area contributed by atoms with Gasteiger partial charge in [0.1, 0.15) is 12.0 Å². The van der Waals surface area contributed by atoms with E-state index in [1.807, 2.05) is 19.9 Å². The number of alkyl halides is 1. The van der Waals surface area contributed by atoms with Gasteiger partial charge in [0.05, 0.1) is 11.8 Å². The molecule has 2 aromatic heterocycles. The molecule has 0 radical (unpaired) electrons. The average molecular weight is 416 g/mol. The van der Waals surface area contributed by atoms with Gasteiger partial charge in [-0.3, -0.25) is 4.98 Å². The highest BCUT2D eigenvalue weighted by atomic mass is 19.1. The van der Waals surface area contributed by atoms with E-state index in [0.29, 0.717) is 37.5 Å². The van der Waals surface area contributed by atoms with E-state index >= 15 is 0 Å². The summed E-state index contributed by atoms with van der Waals surface area (Å²) < 4.78 is 37.9. The number of hydrogen-bond donors (Lipinski definition) is 0. The highest BCUT2D eigenvalue weighted by Gasteiger charge is 2.29. The summed E-state index contributed by atoms with van der Waals surface area (Å²) in [6.07, 6.45) is 3.34. The number of amides is 1. The number of carbonyl (C=O) groups is 1. The molecule has 1 aliphatic carbocycles. The van der Waals surface area contributed by atoms with E-state index < -0.39 is 18.1 Å². The van der Waals surface area contributed by atoms with Gasteiger partial charge < -0.3 is 14.2 Å². The van der Waals surface area contributed by atoms with Crippen molar-refractivity contribution in [1.29, 1.82) is 0 Å². The van der Waals surface area contributed by atoms with E-state index in [-0.39, 0.29) is 23.8 Å². The number of ether oxygens (including phenoxy) is 1. The third-order valence-electron chi connectivity index (χ3n) is 5.33. The first kappa shape index (κ1) is 20.2. The lowest BCUT2D eigenvalue weighted by atomic mass is 9.96. The molecule has 0 spiro atoms. The molecule has 0 N–H and O–H groups in total. The van der Waals surface area contributed by atoms with Crippen molar-refractivity contribution in [3.8, 4) is 5.75 Å². The Labute approximate surface area is 172 Å². The second-order valence-electron chi connectivity index (χ2n) is 7.58. The predicted octanol–water partition coefficient (Wildman–Crippen LogP) is 4.44. The highest BCUT2D eigenvalue weighted by Crippen LogP contribution is 2.32. The third-order valence-corrected chi connectivity index (χ3v) is 5.33. The summed E-state index contributed by atoms with van der Waals surface area (Å²) in [5.41, 5.74) is 1.84. The van der Waals surface area contributed by atoms with Gasteiger partial charge in [-0.1, -0.05) is 5.16 Å². The fourth-order valence-corrected chi connectivity index (χ4v) is 3.61. The standard InChI is InChI=1S/C21H22F2N4O3/c1-12-9-13(2)24-11-18(12)29-21(28)27-7-5-14(6-8-27)19-25-20(30-26-19)16-4-3-15(22)10-17(16)23/h3-4,9,11,14-15H,5-8,10H2,1-2H3. The van der Waals surface area contributed by atoms with E-state index in [0.717, 1.165) is 11.3 Å². The van der Waals surface area contributed by atoms with Gasteiger partial charge >= 0.3 is 6.09 Å². The Morgan fingerprint density at radius 3 is 2.77 bits per heavy atom. The van der Waals surface area contributed by atoms with Gasteiger partial charge in [-0.25, -0.2) is 13.6 Å². The number of aromatic nitrogens is 3. The predicted molar refractivity (Wildman–Crippen MR) is 104 cm³/mol. The fraction of sp³-hybridized carbons (Fsp3) is 0.429. The number of likely N-dealkylation sites (tertiary alicyclic amines) is 1. The average Bonchev–Trinajstić information content (AvgIpc) is 3.20. The molecule has 0 aromatic carbocycles. The first-order valence-electron chi connectivity index (χ1n) is 9.85. The zero-order valence-corrected chi connectivity index (χ0v) is 16.8. The maximum Gasteiger partial charge on any atom is 0.415 e. The number of pyridine rings is 1. The maximum atomic E-state index is 14.0. The van der Waals surface area contributed by atoms with E-state index in [2.05, 4.69) is 15.1 Å². The minimum absolute atomic E-state index is 0.0144. The van der Waals surface area contributed by atoms with Gasteiger partial charge in [0.25, 0.3) is 5.89 Å². The quantitative estimate of drug-likeness (QED) is 0.736. The molecule has 0 bridgehead atoms. The summed E-state index contributed by atoms with van der Waals surface area (Å²) in [7, 11) is 0. The monoisotopic (exact) mass is 416 g/mol. The molecular formula is C21H22F2N4O3. The van der Waals surface area contributed by atoms with Gasteiger partial charge in [0.2, 0.25) is 0 Å². The molecule has 2 aliphatic rings. The van der Waals surface area contributed by atoms with Gasteiger partial charge in [-0.2, -0.15) is 4.98 Å². The second kappa shape index (κ2) is 8.33. The molecule has 7 nitrogen and oxygen atoms in total. The summed E-state index contributed by atoms with van der Waals surface area (Å²) in [5, 5.41) is 3.97. The first-order valence-corrected chi connectivity index (χ1v) is 9.85. The molecule has 158 valence electrons. The van der Waals surface area contributed by atoms with Crippen molar-refractivity contribution in [3.63, 3.8) is 0 Å². The van der Waals surface area contributed by atoms with Crippen molar-refractivity contribution in [2.75, 3.05) is 13.1 Å². The lowest BCUT2D eigenvalue weighted by Gasteiger charge is -2.29. The Morgan fingerprint density at radius 2 is 2.07 bits per heavy atom. The van der Waals surface area contributed by atoms with E-state index in [1.165, 1.54) is 12.2 Å². The molecule has 1 fully saturated rings. The molecule has 3 heterocycles. The molecule has 1 atom stereocenters. The summed E-state index contributed by atoms with van der Waals surface area (Å²) >= 11 is 0. The second-order valence-corrected chi connectivity index (χ2v) is 7.58. The van der Waals surface area contributed by atoms with Gasteiger partial charge in [-0.15, -0.1) is 0 Å². The van der Waals surface area contributed by atoms with Crippen LogP contribution in [0.2, 0.25) is 0 Å². The molecule has 1 saturated heterocycles. The van der Waals surface area contributed by atoms with Crippen molar-refractivity contribution in [2.45, 2.75) is 45.2 Å². The normalized spacial score (nSPS) is 20.0. The molecule has 30 heavy (non-hydrogen) atoms. The van der Waals surface area contributed by atoms with Crippen LogP contribution in [0.25, 0.3) is 5.57 Å². The van der Waals surface area contributed by atoms with Crippen LogP contribution in [0.1, 0.15) is 48.2 Å². The number of allylic oxidation sites excluding steroid dienone is 4. The molecule has 9 heteroatoms. The van der Waals surface area contributed by atoms with E-state index in [4.69, 9.17) is 9.26 Å². The summed E-state index contributed by atoms with van der Waals surface area (Å²) in [5.74, 6) is 0.350. The minimum Gasteiger partial charge on any atom is -0.408 e. The van der Waals surface area contributed by atoms with Crippen molar-refractivity contribution < 1.29 is 22.8 Å². The van der Waals surface area contributed by atoms with Crippen LogP contribution in [-0.4, -0.2) is 45.4 Å². The summed E-state index contributed by atoms with van der Waals surface area (Å²) in [6, 6.07) is 1.86. The van der Waals surface area contributed by atoms with E-state index in [1.54, 1.807) is 11.1 Å². The van der Waals surface area contributed by atoms with Crippen LogP contribution in [0.3, 0.4) is 0 Å². The molecule has 2 aromatic rings. The molecule has 4 rings (SSSR count). The third kappa shape index (κ3) is 4.24. The Bertz CT molecular complexity index is 1010. The number of aryl methyl sites for hydroxylation is 2. The van der Waals surface area contributed by atoms with Crippen molar-refractivity contribution in [1.82, 2.24) is 20.0 Å². The minimum atomic E-state index is -1.33. The Kier molecular flexibility index (Phi) is 5.61. The highest BCUT2D eigenvalue weighted by molar-refractivity contribution is 5.72. The van der Waals surface area contributed by atoms with Crippen LogP contribution in [0.15, 0.2) is 34.8 Å². The number of halogens is 2. The van der Waals surface area contributed by atoms with Crippen LogP contribution in [0.5, 0.6) is 5.75 Å². The largest absolute Gasteiger partial charge is 0.415 e. The Balaban J connectivity index is 1.36. The SMILES string of the molecule is Cc1cc(C)c(OC(=O)N2CCC(c3noc(C4=C(F)CC(F)C=C4)n3)CC2)cn1. The molecule has 1 aliphatic heterocycles. The lowest BCUT2D eigenvalue weighted by molar-refractivity contribution is 0.137. The van der Waals surface area contributed by atoms with Crippen LogP contribution in [0, 0.1) is 13.8 Å². The summed E-state index contributed by atoms with van der Waals surface area (Å²) in [6.45, 7) is 4.70. The van der Waals surface area contributed by atoms with E-state index in [9.17, 15) is 13.6 Å². The van der Waals surface area contributed by atoms with Crippen LogP contribution in [0.4, 0.5) is 13.6 Å². The number of carbonyl (C=O) groups excluding carboxylic acids is 1. The lowest BCUT2D eigenvalue weighted by Crippen LogP contribution is -2.39. The maximum absolute atomic E-state index is 14.0. The van der Waals surface area contributed by atoms with Crippen LogP contribution in [-0.2, 0) is 0 Å². The fourth-order valence-electron chi connectivity index (χ4n) is 3.61. The topological polar surface area (TPSA) is 81.4 Å². The van der Waals surface area contributed by atoms with Gasteiger partial charge in [0, 0.05) is 31.1 Å². The Morgan fingerprint density at radius 1 is 1.30 bits per heavy atom. The molecule has 1 amide bonds. The van der Waals surface area contributed by atoms with Crippen LogP contribution < -0.4 is 4.74 Å². The molecule has 0 saturated carbocycles. The summed E-state index contributed by atoms with van der Waals surface area (Å²) in [4.78, 5) is 22.6. The number of rotatable bonds is 3. The van der Waals surface area contributed by atoms with Crippen molar-refractivity contribution in [2.24, 2.45) is 0 Å². The number of hydrogen-bond acceptors (Lipinski definition) is 6. The van der Waals surface area contributed by atoms with Gasteiger partial charge in [-0.05, 0) is 50.5 Å².